The van der Waals surface area contributed by atoms with Crippen LogP contribution in [0.15, 0.2) is 71.4 Å². The van der Waals surface area contributed by atoms with Crippen LogP contribution in [-0.2, 0) is 54.3 Å². The van der Waals surface area contributed by atoms with Crippen molar-refractivity contribution < 1.29 is 58.1 Å². The SMILES string of the molecule is C=C1C(=O)N[C@H](C)C(=O)N[C@@H](CC(C)C)C(=O)NC(C(=O)O)[C@H](C)C(=O)NC(CCCN=C(N)N)C(=O)NC(/C=C/C(C)=C\[C@H](C)[C@H](Cc2ccccc2)OC)[C@H](C)C(=O)N[C@@H](C(=O)O)CCC(=O)N1C. The summed E-state index contributed by atoms with van der Waals surface area (Å²) in [6.07, 6.45) is 4.64. The molecule has 7 amide bonds. The number of hydrogen-bond donors (Lipinski definition) is 10. The van der Waals surface area contributed by atoms with E-state index in [1.807, 2.05) is 43.3 Å². The first-order chi connectivity index (χ1) is 33.3. The molecular formula is C49H74N10O12. The molecule has 0 bridgehead atoms. The number of hydrogen-bond acceptors (Lipinski definition) is 11. The van der Waals surface area contributed by atoms with Crippen molar-refractivity contribution in [1.29, 1.82) is 0 Å². The molecular weight excluding hydrogens is 921 g/mol. The van der Waals surface area contributed by atoms with Crippen LogP contribution in [0.1, 0.15) is 86.1 Å². The molecule has 1 aliphatic rings. The van der Waals surface area contributed by atoms with Crippen molar-refractivity contribution in [3.05, 3.63) is 72.0 Å². The number of nitrogens with zero attached hydrogens (tertiary/aromatic N) is 2. The van der Waals surface area contributed by atoms with Gasteiger partial charge in [-0.3, -0.25) is 38.6 Å². The fourth-order valence-electron chi connectivity index (χ4n) is 7.46. The molecule has 1 saturated heterocycles. The Labute approximate surface area is 415 Å². The molecule has 0 radical (unpaired) electrons. The molecule has 1 aliphatic heterocycles. The molecule has 0 aliphatic carbocycles. The smallest absolute Gasteiger partial charge is 0.327 e. The van der Waals surface area contributed by atoms with Crippen molar-refractivity contribution in [3.8, 4) is 0 Å². The number of carbonyl (C=O) groups is 9. The molecule has 392 valence electrons. The summed E-state index contributed by atoms with van der Waals surface area (Å²) in [6, 6.07) is 0.998. The van der Waals surface area contributed by atoms with E-state index in [1.165, 1.54) is 33.9 Å². The third-order valence-corrected chi connectivity index (χ3v) is 12.0. The normalized spacial score (nSPS) is 25.3. The number of methoxy groups -OCH3 is 1. The zero-order chi connectivity index (χ0) is 53.7. The van der Waals surface area contributed by atoms with Crippen LogP contribution in [0.4, 0.5) is 0 Å². The van der Waals surface area contributed by atoms with Crippen LogP contribution in [-0.4, -0.2) is 137 Å². The largest absolute Gasteiger partial charge is 0.480 e. The van der Waals surface area contributed by atoms with E-state index < -0.39 is 120 Å². The summed E-state index contributed by atoms with van der Waals surface area (Å²) in [5.74, 6) is -12.6. The zero-order valence-electron chi connectivity index (χ0n) is 42.2. The lowest BCUT2D eigenvalue weighted by atomic mass is 9.94. The number of likely N-dealkylation sites (N-methyl/N-ethyl adjacent to an activating group) is 1. The van der Waals surface area contributed by atoms with E-state index in [0.717, 1.165) is 10.5 Å². The van der Waals surface area contributed by atoms with Crippen LogP contribution in [0.3, 0.4) is 0 Å². The Balaban J connectivity index is 2.73. The summed E-state index contributed by atoms with van der Waals surface area (Å²) >= 11 is 0. The number of carbonyl (C=O) groups excluding carboxylic acids is 7. The third kappa shape index (κ3) is 20.0. The second-order valence-electron chi connectivity index (χ2n) is 18.3. The maximum atomic E-state index is 14.4. The van der Waals surface area contributed by atoms with Gasteiger partial charge in [0.15, 0.2) is 5.96 Å². The van der Waals surface area contributed by atoms with E-state index in [2.05, 4.69) is 43.5 Å². The van der Waals surface area contributed by atoms with Crippen LogP contribution in [0.2, 0.25) is 0 Å². The average molecular weight is 995 g/mol. The highest BCUT2D eigenvalue weighted by Crippen LogP contribution is 2.19. The Bertz CT molecular complexity index is 2160. The van der Waals surface area contributed by atoms with Crippen LogP contribution < -0.4 is 43.4 Å². The van der Waals surface area contributed by atoms with Gasteiger partial charge in [0.1, 0.15) is 35.9 Å². The van der Waals surface area contributed by atoms with Gasteiger partial charge < -0.3 is 63.2 Å². The van der Waals surface area contributed by atoms with Gasteiger partial charge in [0.05, 0.1) is 24.0 Å². The minimum Gasteiger partial charge on any atom is -0.480 e. The van der Waals surface area contributed by atoms with Gasteiger partial charge in [-0.05, 0) is 57.4 Å². The number of carboxylic acid groups (broad SMARTS) is 2. The van der Waals surface area contributed by atoms with Gasteiger partial charge in [-0.1, -0.05) is 95.3 Å². The summed E-state index contributed by atoms with van der Waals surface area (Å²) in [6.45, 7) is 14.9. The summed E-state index contributed by atoms with van der Waals surface area (Å²) < 4.78 is 5.81. The first-order valence-electron chi connectivity index (χ1n) is 23.5. The van der Waals surface area contributed by atoms with Crippen molar-refractivity contribution in [2.24, 2.45) is 40.1 Å². The minimum absolute atomic E-state index is 0.00610. The van der Waals surface area contributed by atoms with Gasteiger partial charge in [-0.25, -0.2) is 9.59 Å². The molecule has 10 atom stereocenters. The zero-order valence-corrected chi connectivity index (χ0v) is 42.2. The number of carboxylic acids is 2. The van der Waals surface area contributed by atoms with Crippen LogP contribution >= 0.6 is 0 Å². The molecule has 22 heteroatoms. The van der Waals surface area contributed by atoms with Gasteiger partial charge >= 0.3 is 11.9 Å². The molecule has 22 nitrogen and oxygen atoms in total. The van der Waals surface area contributed by atoms with Gasteiger partial charge in [0.2, 0.25) is 35.4 Å². The Hall–Kier alpha value is -7.10. The van der Waals surface area contributed by atoms with Crippen molar-refractivity contribution in [3.63, 3.8) is 0 Å². The number of aliphatic imine (C=N–C) groups is 1. The van der Waals surface area contributed by atoms with E-state index in [4.69, 9.17) is 16.2 Å². The van der Waals surface area contributed by atoms with Crippen LogP contribution in [0.5, 0.6) is 0 Å². The lowest BCUT2D eigenvalue weighted by Gasteiger charge is -2.28. The van der Waals surface area contributed by atoms with Crippen molar-refractivity contribution >= 4 is 59.2 Å². The fourth-order valence-corrected chi connectivity index (χ4v) is 7.46. The fraction of sp³-hybridized carbons (Fsp3) is 0.551. The van der Waals surface area contributed by atoms with Gasteiger partial charge in [0.25, 0.3) is 5.91 Å². The summed E-state index contributed by atoms with van der Waals surface area (Å²) in [7, 11) is 2.82. The predicted molar refractivity (Wildman–Crippen MR) is 264 cm³/mol. The Morgan fingerprint density at radius 1 is 0.845 bits per heavy atom. The monoisotopic (exact) mass is 995 g/mol. The van der Waals surface area contributed by atoms with Crippen molar-refractivity contribution in [2.45, 2.75) is 129 Å². The second-order valence-corrected chi connectivity index (χ2v) is 18.3. The first kappa shape index (κ1) is 60.0. The molecule has 3 unspecified atom stereocenters. The number of nitrogens with one attached hydrogen (secondary N) is 6. The van der Waals surface area contributed by atoms with Gasteiger partial charge in [0, 0.05) is 33.0 Å². The van der Waals surface area contributed by atoms with Crippen LogP contribution in [0, 0.1) is 23.7 Å². The maximum absolute atomic E-state index is 14.4. The highest BCUT2D eigenvalue weighted by molar-refractivity contribution is 6.00. The molecule has 1 aromatic carbocycles. The Morgan fingerprint density at radius 2 is 1.45 bits per heavy atom. The minimum atomic E-state index is -1.88. The second kappa shape index (κ2) is 29.2. The number of guanidine groups is 1. The first-order valence-corrected chi connectivity index (χ1v) is 23.5. The number of amides is 7. The van der Waals surface area contributed by atoms with E-state index in [0.29, 0.717) is 12.0 Å². The standard InChI is InChI=1S/C49H74N10O12/c1-26(2)23-37-46(66)58-40(48(69)70)30(6)42(62)55-35(17-14-22-52-49(50)51)45(65)54-34(19-18-27(3)24-28(4)38(71-10)25-33-15-12-11-13-16-33)29(5)41(61)56-36(47(67)68)20-21-39(60)59(9)32(8)44(64)53-31(7)43(63)57-37/h11-13,15-16,18-19,24,26,28-31,34-38,40H,8,14,17,20-23,25H2,1-7,9-10H3,(H,53,64)(H,54,65)(H,55,62)(H,56,61)(H,57,63)(H,58,66)(H,67,68)(H,69,70)(H4,50,51,52)/b19-18+,27-24-/t28-,29-,30-,31+,34?,35?,36+,37-,38-,40?/m0/s1. The highest BCUT2D eigenvalue weighted by atomic mass is 16.5. The molecule has 1 fully saturated rings. The lowest BCUT2D eigenvalue weighted by Crippen LogP contribution is -2.59. The molecule has 0 spiro atoms. The van der Waals surface area contributed by atoms with E-state index in [1.54, 1.807) is 34.0 Å². The third-order valence-electron chi connectivity index (χ3n) is 12.0. The van der Waals surface area contributed by atoms with E-state index in [-0.39, 0.29) is 49.7 Å². The quantitative estimate of drug-likeness (QED) is 0.0379. The van der Waals surface area contributed by atoms with Crippen molar-refractivity contribution in [1.82, 2.24) is 36.8 Å². The highest BCUT2D eigenvalue weighted by Gasteiger charge is 2.37. The number of ether oxygens (including phenoxy) is 1. The van der Waals surface area contributed by atoms with Gasteiger partial charge in [-0.2, -0.15) is 0 Å². The molecule has 0 saturated carbocycles. The molecule has 12 N–H and O–H groups in total. The maximum Gasteiger partial charge on any atom is 0.327 e. The Kier molecular flexibility index (Phi) is 24.7. The Morgan fingerprint density at radius 3 is 2.03 bits per heavy atom. The predicted octanol–water partition coefficient (Wildman–Crippen LogP) is 0.618. The molecule has 2 rings (SSSR count). The number of nitrogens with two attached hydrogens (primary N) is 2. The number of allylic oxidation sites excluding steroid dienone is 2. The van der Waals surface area contributed by atoms with Crippen molar-refractivity contribution in [2.75, 3.05) is 20.7 Å². The average Bonchev–Trinajstić information content (AvgIpc) is 3.31. The summed E-state index contributed by atoms with van der Waals surface area (Å²) in [5.41, 5.74) is 12.4. The van der Waals surface area contributed by atoms with E-state index in [9.17, 15) is 53.4 Å². The molecule has 1 aromatic rings. The lowest BCUT2D eigenvalue weighted by molar-refractivity contribution is -0.146. The van der Waals surface area contributed by atoms with Crippen LogP contribution in [0.25, 0.3) is 0 Å². The molecule has 71 heavy (non-hydrogen) atoms. The molecule has 0 aromatic heterocycles. The topological polar surface area (TPSA) is 343 Å². The summed E-state index contributed by atoms with van der Waals surface area (Å²) in [5, 5.41) is 35.5. The number of rotatable bonds is 15. The van der Waals surface area contributed by atoms with E-state index >= 15 is 0 Å². The number of benzene rings is 1. The van der Waals surface area contributed by atoms with Gasteiger partial charge in [-0.15, -0.1) is 0 Å². The molecule has 1 heterocycles. The summed E-state index contributed by atoms with van der Waals surface area (Å²) in [4.78, 5) is 126. The number of aliphatic carboxylic acids is 2.